The maximum atomic E-state index is 12.0. The van der Waals surface area contributed by atoms with Gasteiger partial charge in [-0.3, -0.25) is 10.1 Å². The lowest BCUT2D eigenvalue weighted by atomic mass is 10.2. The van der Waals surface area contributed by atoms with Gasteiger partial charge in [-0.2, -0.15) is 0 Å². The summed E-state index contributed by atoms with van der Waals surface area (Å²) in [5.41, 5.74) is 0.897. The smallest absolute Gasteiger partial charge is 0.343 e. The SMILES string of the molecule is COc1cc(C)ccc1OC(=O)c1cccc([N+](=O)[O-])c1. The Morgan fingerprint density at radius 2 is 1.90 bits per heavy atom. The maximum absolute atomic E-state index is 12.0. The Balaban J connectivity index is 2.26. The van der Waals surface area contributed by atoms with Crippen LogP contribution < -0.4 is 9.47 Å². The van der Waals surface area contributed by atoms with Gasteiger partial charge in [0.25, 0.3) is 5.69 Å². The fourth-order valence-corrected chi connectivity index (χ4v) is 1.76. The van der Waals surface area contributed by atoms with E-state index in [1.165, 1.54) is 31.4 Å². The van der Waals surface area contributed by atoms with Gasteiger partial charge in [-0.15, -0.1) is 0 Å². The number of rotatable bonds is 4. The molecule has 2 aromatic rings. The number of carbonyl (C=O) groups is 1. The van der Waals surface area contributed by atoms with Crippen LogP contribution in [0.25, 0.3) is 0 Å². The second-order valence-electron chi connectivity index (χ2n) is 4.35. The Hall–Kier alpha value is -2.89. The van der Waals surface area contributed by atoms with Crippen molar-refractivity contribution in [3.05, 3.63) is 63.7 Å². The zero-order valence-electron chi connectivity index (χ0n) is 11.5. The number of hydrogen-bond donors (Lipinski definition) is 0. The van der Waals surface area contributed by atoms with Crippen molar-refractivity contribution in [2.24, 2.45) is 0 Å². The molecule has 0 aliphatic rings. The largest absolute Gasteiger partial charge is 0.493 e. The van der Waals surface area contributed by atoms with Gasteiger partial charge in [0.15, 0.2) is 11.5 Å². The number of carbonyl (C=O) groups excluding carboxylic acids is 1. The fraction of sp³-hybridized carbons (Fsp3) is 0.133. The van der Waals surface area contributed by atoms with Crippen molar-refractivity contribution in [2.45, 2.75) is 6.92 Å². The van der Waals surface area contributed by atoms with Crippen LogP contribution in [0.2, 0.25) is 0 Å². The first-order valence-corrected chi connectivity index (χ1v) is 6.12. The number of non-ortho nitro benzene ring substituents is 1. The number of aryl methyl sites for hydroxylation is 1. The minimum atomic E-state index is -0.680. The van der Waals surface area contributed by atoms with E-state index < -0.39 is 10.9 Å². The highest BCUT2D eigenvalue weighted by Gasteiger charge is 2.15. The third kappa shape index (κ3) is 3.36. The molecule has 0 N–H and O–H groups in total. The van der Waals surface area contributed by atoms with Gasteiger partial charge in [0.2, 0.25) is 0 Å². The average Bonchev–Trinajstić information content (AvgIpc) is 2.49. The zero-order chi connectivity index (χ0) is 15.4. The van der Waals surface area contributed by atoms with E-state index in [-0.39, 0.29) is 17.0 Å². The number of esters is 1. The normalized spacial score (nSPS) is 10.0. The van der Waals surface area contributed by atoms with E-state index >= 15 is 0 Å². The maximum Gasteiger partial charge on any atom is 0.343 e. The number of hydrogen-bond acceptors (Lipinski definition) is 5. The zero-order valence-corrected chi connectivity index (χ0v) is 11.5. The first kappa shape index (κ1) is 14.5. The van der Waals surface area contributed by atoms with Crippen molar-refractivity contribution in [1.82, 2.24) is 0 Å². The van der Waals surface area contributed by atoms with Crippen molar-refractivity contribution < 1.29 is 19.2 Å². The van der Waals surface area contributed by atoms with Crippen LogP contribution in [0.4, 0.5) is 5.69 Å². The molecular formula is C15H13NO5. The summed E-state index contributed by atoms with van der Waals surface area (Å²) in [4.78, 5) is 22.2. The van der Waals surface area contributed by atoms with Gasteiger partial charge in [-0.1, -0.05) is 12.1 Å². The number of nitrogens with zero attached hydrogens (tertiary/aromatic N) is 1. The molecule has 0 aromatic heterocycles. The second kappa shape index (κ2) is 6.04. The van der Waals surface area contributed by atoms with Crippen molar-refractivity contribution in [1.29, 1.82) is 0 Å². The van der Waals surface area contributed by atoms with E-state index in [1.807, 2.05) is 6.92 Å². The van der Waals surface area contributed by atoms with Gasteiger partial charge < -0.3 is 9.47 Å². The molecule has 0 bridgehead atoms. The predicted molar refractivity (Wildman–Crippen MR) is 75.8 cm³/mol. The summed E-state index contributed by atoms with van der Waals surface area (Å²) in [6, 6.07) is 10.5. The molecule has 0 saturated heterocycles. The Morgan fingerprint density at radius 1 is 1.14 bits per heavy atom. The molecule has 2 aromatic carbocycles. The Bertz CT molecular complexity index is 696. The summed E-state index contributed by atoms with van der Waals surface area (Å²) in [5, 5.41) is 10.7. The number of benzene rings is 2. The highest BCUT2D eigenvalue weighted by atomic mass is 16.6. The standard InChI is InChI=1S/C15H13NO5/c1-10-6-7-13(14(8-10)20-2)21-15(17)11-4-3-5-12(9-11)16(18)19/h3-9H,1-2H3. The fourth-order valence-electron chi connectivity index (χ4n) is 1.76. The van der Waals surface area contributed by atoms with E-state index in [0.29, 0.717) is 5.75 Å². The molecule has 6 nitrogen and oxygen atoms in total. The van der Waals surface area contributed by atoms with Gasteiger partial charge >= 0.3 is 5.97 Å². The highest BCUT2D eigenvalue weighted by molar-refractivity contribution is 5.92. The average molecular weight is 287 g/mol. The topological polar surface area (TPSA) is 78.7 Å². The van der Waals surface area contributed by atoms with Crippen LogP contribution in [-0.2, 0) is 0 Å². The molecule has 0 radical (unpaired) electrons. The molecule has 0 unspecified atom stereocenters. The minimum Gasteiger partial charge on any atom is -0.493 e. The predicted octanol–water partition coefficient (Wildman–Crippen LogP) is 3.13. The van der Waals surface area contributed by atoms with E-state index in [9.17, 15) is 14.9 Å². The van der Waals surface area contributed by atoms with E-state index in [2.05, 4.69) is 0 Å². The monoisotopic (exact) mass is 287 g/mol. The van der Waals surface area contributed by atoms with Crippen LogP contribution in [0.1, 0.15) is 15.9 Å². The number of methoxy groups -OCH3 is 1. The summed E-state index contributed by atoms with van der Waals surface area (Å²) in [6.07, 6.45) is 0. The van der Waals surface area contributed by atoms with Crippen molar-refractivity contribution in [3.8, 4) is 11.5 Å². The molecule has 0 aliphatic heterocycles. The Morgan fingerprint density at radius 3 is 2.57 bits per heavy atom. The Kier molecular flexibility index (Phi) is 4.18. The van der Waals surface area contributed by atoms with Crippen LogP contribution in [-0.4, -0.2) is 18.0 Å². The molecule has 0 heterocycles. The van der Waals surface area contributed by atoms with Crippen LogP contribution >= 0.6 is 0 Å². The minimum absolute atomic E-state index is 0.104. The molecule has 0 spiro atoms. The van der Waals surface area contributed by atoms with E-state index in [4.69, 9.17) is 9.47 Å². The summed E-state index contributed by atoms with van der Waals surface area (Å²) in [5.74, 6) is 0.00856. The van der Waals surface area contributed by atoms with Crippen LogP contribution in [0, 0.1) is 17.0 Å². The third-order valence-corrected chi connectivity index (χ3v) is 2.81. The second-order valence-corrected chi connectivity index (χ2v) is 4.35. The number of nitro groups is 1. The van der Waals surface area contributed by atoms with Gasteiger partial charge in [0, 0.05) is 12.1 Å². The van der Waals surface area contributed by atoms with Gasteiger partial charge in [0.1, 0.15) is 0 Å². The molecule has 21 heavy (non-hydrogen) atoms. The van der Waals surface area contributed by atoms with Gasteiger partial charge in [0.05, 0.1) is 17.6 Å². The van der Waals surface area contributed by atoms with E-state index in [1.54, 1.807) is 18.2 Å². The summed E-state index contributed by atoms with van der Waals surface area (Å²) in [7, 11) is 1.47. The molecule has 0 aliphatic carbocycles. The molecule has 0 fully saturated rings. The lowest BCUT2D eigenvalue weighted by Crippen LogP contribution is -2.09. The molecular weight excluding hydrogens is 274 g/mol. The van der Waals surface area contributed by atoms with Gasteiger partial charge in [-0.05, 0) is 30.7 Å². The third-order valence-electron chi connectivity index (χ3n) is 2.81. The van der Waals surface area contributed by atoms with Gasteiger partial charge in [-0.25, -0.2) is 4.79 Å². The van der Waals surface area contributed by atoms with Crippen LogP contribution in [0.3, 0.4) is 0 Å². The van der Waals surface area contributed by atoms with Crippen LogP contribution in [0.15, 0.2) is 42.5 Å². The first-order valence-electron chi connectivity index (χ1n) is 6.12. The first-order chi connectivity index (χ1) is 10.0. The molecule has 0 saturated carbocycles. The van der Waals surface area contributed by atoms with Crippen molar-refractivity contribution in [3.63, 3.8) is 0 Å². The molecule has 0 amide bonds. The summed E-state index contributed by atoms with van der Waals surface area (Å²) < 4.78 is 10.4. The lowest BCUT2D eigenvalue weighted by Gasteiger charge is -2.09. The molecule has 6 heteroatoms. The molecule has 0 atom stereocenters. The number of ether oxygens (including phenoxy) is 2. The number of nitro benzene ring substituents is 1. The quantitative estimate of drug-likeness (QED) is 0.373. The Labute approximate surface area is 121 Å². The van der Waals surface area contributed by atoms with Crippen LogP contribution in [0.5, 0.6) is 11.5 Å². The molecule has 2 rings (SSSR count). The summed E-state index contributed by atoms with van der Waals surface area (Å²) in [6.45, 7) is 1.88. The van der Waals surface area contributed by atoms with E-state index in [0.717, 1.165) is 5.56 Å². The highest BCUT2D eigenvalue weighted by Crippen LogP contribution is 2.28. The van der Waals surface area contributed by atoms with Crippen molar-refractivity contribution in [2.75, 3.05) is 7.11 Å². The molecule has 108 valence electrons. The lowest BCUT2D eigenvalue weighted by molar-refractivity contribution is -0.384. The summed E-state index contributed by atoms with van der Waals surface area (Å²) >= 11 is 0. The van der Waals surface area contributed by atoms with Crippen molar-refractivity contribution >= 4 is 11.7 Å².